The predicted octanol–water partition coefficient (Wildman–Crippen LogP) is 3.14. The highest BCUT2D eigenvalue weighted by molar-refractivity contribution is 6.31. The summed E-state index contributed by atoms with van der Waals surface area (Å²) in [7, 11) is 0. The Kier molecular flexibility index (Phi) is 6.00. The highest BCUT2D eigenvalue weighted by Crippen LogP contribution is 2.27. The molecule has 0 bridgehead atoms. The zero-order chi connectivity index (χ0) is 24.5. The minimum absolute atomic E-state index is 0.0649. The molecule has 1 saturated heterocycles. The lowest BCUT2D eigenvalue weighted by atomic mass is 9.95. The number of nitrogens with one attached hydrogen (secondary N) is 1. The first kappa shape index (κ1) is 22.7. The van der Waals surface area contributed by atoms with Gasteiger partial charge in [-0.3, -0.25) is 19.7 Å². The SMILES string of the molecule is O=C(c1cccc([N+](=O)[O-])c1)N1CCC(c2nc3c(nnn3Cc3ccccc3Cl)c(=O)[nH]2)CC1. The third-order valence-corrected chi connectivity index (χ3v) is 6.51. The topological polar surface area (TPSA) is 140 Å². The van der Waals surface area contributed by atoms with Crippen LogP contribution in [0.2, 0.25) is 5.02 Å². The van der Waals surface area contributed by atoms with Crippen LogP contribution in [0, 0.1) is 10.1 Å². The Hall–Kier alpha value is -4.12. The number of hydrogen-bond acceptors (Lipinski definition) is 7. The molecule has 178 valence electrons. The second kappa shape index (κ2) is 9.26. The Balaban J connectivity index is 1.34. The van der Waals surface area contributed by atoms with Crippen LogP contribution < -0.4 is 5.56 Å². The van der Waals surface area contributed by atoms with E-state index in [9.17, 15) is 19.7 Å². The van der Waals surface area contributed by atoms with Gasteiger partial charge < -0.3 is 9.88 Å². The molecule has 0 aliphatic carbocycles. The summed E-state index contributed by atoms with van der Waals surface area (Å²) < 4.78 is 1.55. The fourth-order valence-electron chi connectivity index (χ4n) is 4.26. The quantitative estimate of drug-likeness (QED) is 0.332. The number of fused-ring (bicyclic) bond motifs is 1. The Bertz CT molecular complexity index is 1490. The number of likely N-dealkylation sites (tertiary alicyclic amines) is 1. The van der Waals surface area contributed by atoms with Crippen LogP contribution in [0.1, 0.15) is 40.5 Å². The number of carbonyl (C=O) groups is 1. The third-order valence-electron chi connectivity index (χ3n) is 6.14. The number of aromatic nitrogens is 5. The number of nitro groups is 1. The van der Waals surface area contributed by atoms with Crippen LogP contribution in [-0.2, 0) is 6.54 Å². The number of piperidine rings is 1. The van der Waals surface area contributed by atoms with E-state index in [4.69, 9.17) is 11.6 Å². The molecule has 1 amide bonds. The van der Waals surface area contributed by atoms with Crippen molar-refractivity contribution in [2.75, 3.05) is 13.1 Å². The number of rotatable bonds is 5. The largest absolute Gasteiger partial charge is 0.339 e. The van der Waals surface area contributed by atoms with Crippen LogP contribution in [0.3, 0.4) is 0 Å². The van der Waals surface area contributed by atoms with E-state index in [1.165, 1.54) is 18.2 Å². The summed E-state index contributed by atoms with van der Waals surface area (Å²) in [5.41, 5.74) is 1.14. The molecule has 0 radical (unpaired) electrons. The summed E-state index contributed by atoms with van der Waals surface area (Å²) in [4.78, 5) is 45.2. The van der Waals surface area contributed by atoms with Crippen LogP contribution in [0.15, 0.2) is 53.3 Å². The van der Waals surface area contributed by atoms with Crippen molar-refractivity contribution in [2.24, 2.45) is 0 Å². The number of halogens is 1. The van der Waals surface area contributed by atoms with Crippen molar-refractivity contribution >= 4 is 34.4 Å². The Labute approximate surface area is 203 Å². The number of hydrogen-bond donors (Lipinski definition) is 1. The van der Waals surface area contributed by atoms with Gasteiger partial charge in [-0.1, -0.05) is 41.1 Å². The molecule has 3 heterocycles. The first-order valence-corrected chi connectivity index (χ1v) is 11.4. The summed E-state index contributed by atoms with van der Waals surface area (Å²) in [6, 6.07) is 13.1. The molecule has 1 N–H and O–H groups in total. The number of aromatic amines is 1. The zero-order valence-electron chi connectivity index (χ0n) is 18.4. The molecular formula is C23H20ClN7O4. The van der Waals surface area contributed by atoms with Gasteiger partial charge in [0.2, 0.25) is 0 Å². The van der Waals surface area contributed by atoms with E-state index >= 15 is 0 Å². The number of H-pyrrole nitrogens is 1. The van der Waals surface area contributed by atoms with Gasteiger partial charge in [-0.2, -0.15) is 0 Å². The summed E-state index contributed by atoms with van der Waals surface area (Å²) in [6.45, 7) is 1.19. The van der Waals surface area contributed by atoms with E-state index in [1.807, 2.05) is 18.2 Å². The number of nitro benzene ring substituents is 1. The Morgan fingerprint density at radius 3 is 2.69 bits per heavy atom. The van der Waals surface area contributed by atoms with Gasteiger partial charge in [0.15, 0.2) is 11.2 Å². The maximum absolute atomic E-state index is 12.9. The molecular weight excluding hydrogens is 474 g/mol. The number of benzene rings is 2. The number of amides is 1. The van der Waals surface area contributed by atoms with Crippen LogP contribution in [0.25, 0.3) is 11.2 Å². The predicted molar refractivity (Wildman–Crippen MR) is 127 cm³/mol. The van der Waals surface area contributed by atoms with Crippen LogP contribution >= 0.6 is 11.6 Å². The summed E-state index contributed by atoms with van der Waals surface area (Å²) in [5.74, 6) is 0.198. The molecule has 1 fully saturated rings. The van der Waals surface area contributed by atoms with Crippen molar-refractivity contribution in [1.82, 2.24) is 29.9 Å². The minimum atomic E-state index is -0.521. The monoisotopic (exact) mass is 493 g/mol. The van der Waals surface area contributed by atoms with E-state index in [0.29, 0.717) is 49.0 Å². The highest BCUT2D eigenvalue weighted by atomic mass is 35.5. The molecule has 0 spiro atoms. The van der Waals surface area contributed by atoms with Crippen molar-refractivity contribution in [2.45, 2.75) is 25.3 Å². The van der Waals surface area contributed by atoms with Gasteiger partial charge in [0.1, 0.15) is 5.82 Å². The van der Waals surface area contributed by atoms with Crippen molar-refractivity contribution in [3.05, 3.63) is 91.0 Å². The van der Waals surface area contributed by atoms with E-state index in [2.05, 4.69) is 20.3 Å². The van der Waals surface area contributed by atoms with Gasteiger partial charge in [-0.25, -0.2) is 9.67 Å². The molecule has 0 saturated carbocycles. The molecule has 0 atom stereocenters. The summed E-state index contributed by atoms with van der Waals surface area (Å²) >= 11 is 6.27. The van der Waals surface area contributed by atoms with Crippen LogP contribution in [0.5, 0.6) is 0 Å². The van der Waals surface area contributed by atoms with Crippen LogP contribution in [0.4, 0.5) is 5.69 Å². The standard InChI is InChI=1S/C23H20ClN7O4/c24-18-7-2-1-4-16(18)13-30-21-19(27-28-30)22(32)26-20(25-21)14-8-10-29(11-9-14)23(33)15-5-3-6-17(12-15)31(34)35/h1-7,12,14H,8-11,13H2,(H,25,26,32). The molecule has 1 aliphatic rings. The highest BCUT2D eigenvalue weighted by Gasteiger charge is 2.27. The average molecular weight is 494 g/mol. The van der Waals surface area contributed by atoms with E-state index in [1.54, 1.807) is 21.7 Å². The Morgan fingerprint density at radius 2 is 1.94 bits per heavy atom. The lowest BCUT2D eigenvalue weighted by Gasteiger charge is -2.31. The van der Waals surface area contributed by atoms with Crippen molar-refractivity contribution in [3.8, 4) is 0 Å². The molecule has 5 rings (SSSR count). The maximum Gasteiger partial charge on any atom is 0.281 e. The molecule has 12 heteroatoms. The second-order valence-electron chi connectivity index (χ2n) is 8.34. The van der Waals surface area contributed by atoms with Gasteiger partial charge in [0.25, 0.3) is 17.2 Å². The van der Waals surface area contributed by atoms with E-state index in [0.717, 1.165) is 5.56 Å². The lowest BCUT2D eigenvalue weighted by molar-refractivity contribution is -0.384. The molecule has 35 heavy (non-hydrogen) atoms. The lowest BCUT2D eigenvalue weighted by Crippen LogP contribution is -2.38. The smallest absolute Gasteiger partial charge is 0.281 e. The van der Waals surface area contributed by atoms with Crippen molar-refractivity contribution in [1.29, 1.82) is 0 Å². The van der Waals surface area contributed by atoms with Gasteiger partial charge in [0, 0.05) is 41.7 Å². The number of carbonyl (C=O) groups excluding carboxylic acids is 1. The van der Waals surface area contributed by atoms with Crippen LogP contribution in [-0.4, -0.2) is 53.8 Å². The first-order valence-electron chi connectivity index (χ1n) is 11.0. The van der Waals surface area contributed by atoms with Gasteiger partial charge in [-0.15, -0.1) is 5.10 Å². The van der Waals surface area contributed by atoms with E-state index in [-0.39, 0.29) is 34.2 Å². The van der Waals surface area contributed by atoms with Crippen molar-refractivity contribution < 1.29 is 9.72 Å². The molecule has 2 aromatic carbocycles. The Morgan fingerprint density at radius 1 is 1.17 bits per heavy atom. The molecule has 0 unspecified atom stereocenters. The van der Waals surface area contributed by atoms with Gasteiger partial charge in [0.05, 0.1) is 11.5 Å². The molecule has 4 aromatic rings. The van der Waals surface area contributed by atoms with Crippen molar-refractivity contribution in [3.63, 3.8) is 0 Å². The van der Waals surface area contributed by atoms with E-state index < -0.39 is 4.92 Å². The maximum atomic E-state index is 12.9. The first-order chi connectivity index (χ1) is 16.9. The van der Waals surface area contributed by atoms with Gasteiger partial charge >= 0.3 is 0 Å². The molecule has 1 aliphatic heterocycles. The minimum Gasteiger partial charge on any atom is -0.339 e. The molecule has 11 nitrogen and oxygen atoms in total. The fraction of sp³-hybridized carbons (Fsp3) is 0.261. The zero-order valence-corrected chi connectivity index (χ0v) is 19.2. The number of nitrogens with zero attached hydrogens (tertiary/aromatic N) is 6. The van der Waals surface area contributed by atoms with Gasteiger partial charge in [-0.05, 0) is 30.5 Å². The number of non-ortho nitro benzene ring substituents is 1. The second-order valence-corrected chi connectivity index (χ2v) is 8.74. The summed E-state index contributed by atoms with van der Waals surface area (Å²) in [5, 5.41) is 19.7. The average Bonchev–Trinajstić information content (AvgIpc) is 3.28. The third kappa shape index (κ3) is 4.50. The normalized spacial score (nSPS) is 14.4. The fourth-order valence-corrected chi connectivity index (χ4v) is 4.46. The summed E-state index contributed by atoms with van der Waals surface area (Å²) in [6.07, 6.45) is 1.17. The molecule has 2 aromatic heterocycles.